The van der Waals surface area contributed by atoms with Gasteiger partial charge in [0.05, 0.1) is 19.2 Å². The molecule has 1 aliphatic rings. The highest BCUT2D eigenvalue weighted by atomic mass is 19.1. The van der Waals surface area contributed by atoms with Gasteiger partial charge < -0.3 is 9.72 Å². The molecule has 1 saturated carbocycles. The third kappa shape index (κ3) is 5.02. The summed E-state index contributed by atoms with van der Waals surface area (Å²) in [6.45, 7) is 3.01. The summed E-state index contributed by atoms with van der Waals surface area (Å²) < 4.78 is 21.0. The summed E-state index contributed by atoms with van der Waals surface area (Å²) in [4.78, 5) is 18.3. The van der Waals surface area contributed by atoms with Crippen LogP contribution < -0.4 is 10.3 Å². The molecule has 2 aromatic carbocycles. The summed E-state index contributed by atoms with van der Waals surface area (Å²) in [6, 6.07) is 14.2. The van der Waals surface area contributed by atoms with Gasteiger partial charge in [-0.3, -0.25) is 9.69 Å². The third-order valence-corrected chi connectivity index (χ3v) is 7.12. The number of H-pyrrole nitrogens is 1. The molecule has 9 heteroatoms. The number of hydrogen-bond donors (Lipinski definition) is 1. The van der Waals surface area contributed by atoms with Crippen molar-refractivity contribution in [1.29, 1.82) is 0 Å². The summed E-state index contributed by atoms with van der Waals surface area (Å²) in [5.74, 6) is 1.26. The number of pyridine rings is 1. The first-order valence-electron chi connectivity index (χ1n) is 12.5. The Morgan fingerprint density at radius 2 is 1.92 bits per heavy atom. The van der Waals surface area contributed by atoms with Gasteiger partial charge in [0.25, 0.3) is 5.56 Å². The van der Waals surface area contributed by atoms with Crippen LogP contribution in [0, 0.1) is 5.82 Å². The van der Waals surface area contributed by atoms with Gasteiger partial charge in [-0.15, -0.1) is 5.10 Å². The molecule has 0 aliphatic heterocycles. The van der Waals surface area contributed by atoms with Crippen LogP contribution in [0.1, 0.15) is 68.1 Å². The topological polar surface area (TPSA) is 88.9 Å². The van der Waals surface area contributed by atoms with E-state index >= 15 is 0 Å². The maximum Gasteiger partial charge on any atom is 0.252 e. The van der Waals surface area contributed by atoms with Crippen molar-refractivity contribution < 1.29 is 9.13 Å². The van der Waals surface area contributed by atoms with E-state index in [9.17, 15) is 9.18 Å². The molecule has 188 valence electrons. The van der Waals surface area contributed by atoms with Crippen molar-refractivity contribution >= 4 is 10.9 Å². The highest BCUT2D eigenvalue weighted by Gasteiger charge is 2.29. The largest absolute Gasteiger partial charge is 0.497 e. The number of rotatable bonds is 9. The Morgan fingerprint density at radius 3 is 2.64 bits per heavy atom. The number of halogens is 1. The van der Waals surface area contributed by atoms with Crippen molar-refractivity contribution in [3.8, 4) is 5.75 Å². The standard InChI is InChI=1S/C27H31FN6O2/c1-3-25(26-30-31-32-34(26)22-6-4-5-7-22)33(16-18-8-10-21(28)11-9-18)17-20-14-19-15-23(36-2)12-13-24(19)29-27(20)35/h8-15,22,25H,3-7,16-17H2,1-2H3,(H,29,35)/t25-/m0/s1. The number of fused-ring (bicyclic) bond motifs is 1. The molecule has 8 nitrogen and oxygen atoms in total. The fourth-order valence-electron chi connectivity index (χ4n) is 5.23. The smallest absolute Gasteiger partial charge is 0.252 e. The molecular weight excluding hydrogens is 459 g/mol. The Bertz CT molecular complexity index is 1380. The molecule has 5 rings (SSSR count). The van der Waals surface area contributed by atoms with Crippen molar-refractivity contribution in [2.24, 2.45) is 0 Å². The predicted molar refractivity (Wildman–Crippen MR) is 135 cm³/mol. The van der Waals surface area contributed by atoms with Crippen LogP contribution in [0.5, 0.6) is 5.75 Å². The second kappa shape index (κ2) is 10.6. The van der Waals surface area contributed by atoms with E-state index in [1.165, 1.54) is 25.0 Å². The van der Waals surface area contributed by atoms with Crippen LogP contribution in [-0.4, -0.2) is 37.2 Å². The highest BCUT2D eigenvalue weighted by Crippen LogP contribution is 2.33. The van der Waals surface area contributed by atoms with Crippen molar-refractivity contribution in [3.63, 3.8) is 0 Å². The minimum Gasteiger partial charge on any atom is -0.497 e. The van der Waals surface area contributed by atoms with E-state index in [4.69, 9.17) is 4.74 Å². The second-order valence-electron chi connectivity index (χ2n) is 9.45. The SMILES string of the molecule is CC[C@@H](c1nnnn1C1CCCC1)N(Cc1ccc(F)cc1)Cc1cc2cc(OC)ccc2[nH]c1=O. The lowest BCUT2D eigenvalue weighted by Gasteiger charge is -2.31. The number of nitrogens with one attached hydrogen (secondary N) is 1. The average molecular weight is 491 g/mol. The number of ether oxygens (including phenoxy) is 1. The van der Waals surface area contributed by atoms with Crippen LogP contribution in [0.15, 0.2) is 53.3 Å². The van der Waals surface area contributed by atoms with Gasteiger partial charge in [-0.2, -0.15) is 0 Å². The lowest BCUT2D eigenvalue weighted by atomic mass is 10.1. The number of nitrogens with zero attached hydrogens (tertiary/aromatic N) is 5. The van der Waals surface area contributed by atoms with Gasteiger partial charge in [0, 0.05) is 29.6 Å². The number of benzene rings is 2. The molecular formula is C27H31FN6O2. The molecule has 0 radical (unpaired) electrons. The zero-order chi connectivity index (χ0) is 25.1. The van der Waals surface area contributed by atoms with Crippen molar-refractivity contribution in [2.45, 2.75) is 64.2 Å². The number of aromatic nitrogens is 5. The molecule has 1 fully saturated rings. The molecule has 0 amide bonds. The van der Waals surface area contributed by atoms with Gasteiger partial charge in [-0.25, -0.2) is 9.07 Å². The van der Waals surface area contributed by atoms with Gasteiger partial charge in [0.1, 0.15) is 11.6 Å². The van der Waals surface area contributed by atoms with E-state index in [0.29, 0.717) is 24.7 Å². The second-order valence-corrected chi connectivity index (χ2v) is 9.45. The van der Waals surface area contributed by atoms with E-state index in [1.54, 1.807) is 19.2 Å². The maximum absolute atomic E-state index is 13.6. The minimum atomic E-state index is -0.276. The Hall–Kier alpha value is -3.59. The molecule has 0 bridgehead atoms. The van der Waals surface area contributed by atoms with Crippen LogP contribution in [0.2, 0.25) is 0 Å². The number of hydrogen-bond acceptors (Lipinski definition) is 6. The van der Waals surface area contributed by atoms with Gasteiger partial charge in [0.15, 0.2) is 5.82 Å². The van der Waals surface area contributed by atoms with Crippen LogP contribution in [0.25, 0.3) is 10.9 Å². The van der Waals surface area contributed by atoms with Gasteiger partial charge >= 0.3 is 0 Å². The Morgan fingerprint density at radius 1 is 1.14 bits per heavy atom. The van der Waals surface area contributed by atoms with Crippen LogP contribution in [0.4, 0.5) is 4.39 Å². The molecule has 0 spiro atoms. The number of aromatic amines is 1. The molecule has 0 unspecified atom stereocenters. The summed E-state index contributed by atoms with van der Waals surface area (Å²) in [7, 11) is 1.62. The summed E-state index contributed by atoms with van der Waals surface area (Å²) in [6.07, 6.45) is 5.25. The normalized spacial score (nSPS) is 15.1. The van der Waals surface area contributed by atoms with Crippen LogP contribution in [0.3, 0.4) is 0 Å². The van der Waals surface area contributed by atoms with E-state index in [-0.39, 0.29) is 17.4 Å². The predicted octanol–water partition coefficient (Wildman–Crippen LogP) is 4.93. The van der Waals surface area contributed by atoms with E-state index in [0.717, 1.165) is 47.3 Å². The van der Waals surface area contributed by atoms with Gasteiger partial charge in [0.2, 0.25) is 0 Å². The first-order chi connectivity index (χ1) is 17.6. The lowest BCUT2D eigenvalue weighted by Crippen LogP contribution is -2.32. The molecule has 1 aliphatic carbocycles. The van der Waals surface area contributed by atoms with E-state index in [1.807, 2.05) is 28.9 Å². The monoisotopic (exact) mass is 490 g/mol. The summed E-state index contributed by atoms with van der Waals surface area (Å²) in [5, 5.41) is 13.7. The third-order valence-electron chi connectivity index (χ3n) is 7.12. The molecule has 36 heavy (non-hydrogen) atoms. The first-order valence-corrected chi connectivity index (χ1v) is 12.5. The van der Waals surface area contributed by atoms with E-state index in [2.05, 4.69) is 32.3 Å². The molecule has 1 atom stereocenters. The molecule has 1 N–H and O–H groups in total. The zero-order valence-electron chi connectivity index (χ0n) is 20.7. The fourth-order valence-corrected chi connectivity index (χ4v) is 5.23. The quantitative estimate of drug-likeness (QED) is 0.358. The van der Waals surface area contributed by atoms with Crippen molar-refractivity contribution in [1.82, 2.24) is 30.1 Å². The minimum absolute atomic E-state index is 0.119. The highest BCUT2D eigenvalue weighted by molar-refractivity contribution is 5.80. The summed E-state index contributed by atoms with van der Waals surface area (Å²) in [5.41, 5.74) is 2.21. The van der Waals surface area contributed by atoms with E-state index < -0.39 is 0 Å². The Balaban J connectivity index is 1.53. The fraction of sp³-hybridized carbons (Fsp3) is 0.407. The van der Waals surface area contributed by atoms with Gasteiger partial charge in [-0.1, -0.05) is 31.9 Å². The Kier molecular flexibility index (Phi) is 7.09. The van der Waals surface area contributed by atoms with Gasteiger partial charge in [-0.05, 0) is 71.7 Å². The zero-order valence-corrected chi connectivity index (χ0v) is 20.7. The Labute approximate surface area is 209 Å². The van der Waals surface area contributed by atoms with Crippen LogP contribution in [-0.2, 0) is 13.1 Å². The van der Waals surface area contributed by atoms with Crippen molar-refractivity contribution in [3.05, 3.63) is 81.7 Å². The number of methoxy groups -OCH3 is 1. The first kappa shape index (κ1) is 24.1. The molecule has 2 aromatic heterocycles. The maximum atomic E-state index is 13.6. The van der Waals surface area contributed by atoms with Crippen molar-refractivity contribution in [2.75, 3.05) is 7.11 Å². The lowest BCUT2D eigenvalue weighted by molar-refractivity contribution is 0.158. The molecule has 0 saturated heterocycles. The van der Waals surface area contributed by atoms with Crippen LogP contribution >= 0.6 is 0 Å². The molecule has 2 heterocycles. The molecule has 4 aromatic rings. The number of tetrazole rings is 1. The average Bonchev–Trinajstić information content (AvgIpc) is 3.58. The summed E-state index contributed by atoms with van der Waals surface area (Å²) >= 11 is 0.